The van der Waals surface area contributed by atoms with E-state index in [9.17, 15) is 4.79 Å². The van der Waals surface area contributed by atoms with Crippen LogP contribution in [0.2, 0.25) is 0 Å². The number of methoxy groups -OCH3 is 2. The second-order valence-corrected chi connectivity index (χ2v) is 3.58. The summed E-state index contributed by atoms with van der Waals surface area (Å²) in [5.41, 5.74) is 0. The minimum Gasteiger partial charge on any atom is -0.349 e. The summed E-state index contributed by atoms with van der Waals surface area (Å²) in [6.45, 7) is 1.87. The van der Waals surface area contributed by atoms with Gasteiger partial charge < -0.3 is 9.47 Å². The quantitative estimate of drug-likeness (QED) is 0.652. The minimum atomic E-state index is -0.778. The molecule has 15 heavy (non-hydrogen) atoms. The Hall–Kier alpha value is -0.930. The van der Waals surface area contributed by atoms with E-state index < -0.39 is 5.79 Å². The Morgan fingerprint density at radius 2 is 2.00 bits per heavy atom. The van der Waals surface area contributed by atoms with Crippen LogP contribution in [0.5, 0.6) is 0 Å². The number of carbonyl (C=O) groups excluding carboxylic acids is 1. The molecule has 84 valence electrons. The van der Waals surface area contributed by atoms with Crippen molar-refractivity contribution in [2.24, 2.45) is 5.92 Å². The summed E-state index contributed by atoms with van der Waals surface area (Å²) < 4.78 is 10.7. The standard InChI is InChI=1S/C12H18O3/c1-4-11(13)9-10-7-5-6-8-12(10,14-2)15-3/h5-8,10H,4,9H2,1-3H3. The molecule has 1 unspecified atom stereocenters. The van der Waals surface area contributed by atoms with Gasteiger partial charge in [-0.05, 0) is 6.08 Å². The highest BCUT2D eigenvalue weighted by Crippen LogP contribution is 2.31. The lowest BCUT2D eigenvalue weighted by molar-refractivity contribution is -0.196. The number of allylic oxidation sites excluding steroid dienone is 2. The molecule has 0 N–H and O–H groups in total. The van der Waals surface area contributed by atoms with Crippen molar-refractivity contribution in [3.05, 3.63) is 24.3 Å². The molecule has 3 nitrogen and oxygen atoms in total. The molecule has 0 saturated carbocycles. The molecule has 0 aromatic heterocycles. The molecular formula is C12H18O3. The van der Waals surface area contributed by atoms with Crippen molar-refractivity contribution >= 4 is 5.78 Å². The van der Waals surface area contributed by atoms with Crippen LogP contribution in [0.3, 0.4) is 0 Å². The predicted molar refractivity (Wildman–Crippen MR) is 58.4 cm³/mol. The van der Waals surface area contributed by atoms with Gasteiger partial charge in [-0.2, -0.15) is 0 Å². The van der Waals surface area contributed by atoms with Crippen molar-refractivity contribution in [1.82, 2.24) is 0 Å². The second-order valence-electron chi connectivity index (χ2n) is 3.58. The Balaban J connectivity index is 2.80. The molecule has 0 heterocycles. The summed E-state index contributed by atoms with van der Waals surface area (Å²) in [4.78, 5) is 11.4. The highest BCUT2D eigenvalue weighted by atomic mass is 16.7. The SMILES string of the molecule is CCC(=O)CC1C=CC=CC1(OC)OC. The van der Waals surface area contributed by atoms with Crippen molar-refractivity contribution in [2.45, 2.75) is 25.6 Å². The fourth-order valence-corrected chi connectivity index (χ4v) is 1.77. The normalized spacial score (nSPS) is 23.0. The average Bonchev–Trinajstić information content (AvgIpc) is 2.30. The first-order valence-corrected chi connectivity index (χ1v) is 5.16. The summed E-state index contributed by atoms with van der Waals surface area (Å²) in [6.07, 6.45) is 8.61. The van der Waals surface area contributed by atoms with Gasteiger partial charge in [-0.1, -0.05) is 25.2 Å². The first-order valence-electron chi connectivity index (χ1n) is 5.16. The molecule has 1 rings (SSSR count). The molecule has 3 heteroatoms. The van der Waals surface area contributed by atoms with Gasteiger partial charge in [0.15, 0.2) is 5.79 Å². The average molecular weight is 210 g/mol. The van der Waals surface area contributed by atoms with Gasteiger partial charge in [0, 0.05) is 33.0 Å². The third-order valence-corrected chi connectivity index (χ3v) is 2.78. The van der Waals surface area contributed by atoms with Gasteiger partial charge in [-0.25, -0.2) is 0 Å². The van der Waals surface area contributed by atoms with Crippen LogP contribution in [0.25, 0.3) is 0 Å². The Morgan fingerprint density at radius 3 is 2.53 bits per heavy atom. The van der Waals surface area contributed by atoms with Crippen molar-refractivity contribution in [3.8, 4) is 0 Å². The Labute approximate surface area is 90.8 Å². The number of ketones is 1. The van der Waals surface area contributed by atoms with E-state index in [2.05, 4.69) is 0 Å². The number of hydrogen-bond acceptors (Lipinski definition) is 3. The smallest absolute Gasteiger partial charge is 0.194 e. The van der Waals surface area contributed by atoms with Crippen LogP contribution in [0, 0.1) is 5.92 Å². The van der Waals surface area contributed by atoms with Crippen LogP contribution < -0.4 is 0 Å². The van der Waals surface area contributed by atoms with Crippen LogP contribution in [0.4, 0.5) is 0 Å². The van der Waals surface area contributed by atoms with E-state index in [0.29, 0.717) is 12.8 Å². The topological polar surface area (TPSA) is 35.5 Å². The number of hydrogen-bond donors (Lipinski definition) is 0. The number of ether oxygens (including phenoxy) is 2. The molecule has 0 aliphatic heterocycles. The van der Waals surface area contributed by atoms with Crippen LogP contribution in [-0.4, -0.2) is 25.8 Å². The van der Waals surface area contributed by atoms with E-state index in [0.717, 1.165) is 0 Å². The fraction of sp³-hybridized carbons (Fsp3) is 0.583. The molecule has 0 amide bonds. The van der Waals surface area contributed by atoms with E-state index in [1.54, 1.807) is 14.2 Å². The lowest BCUT2D eigenvalue weighted by atomic mass is 9.88. The van der Waals surface area contributed by atoms with E-state index >= 15 is 0 Å². The molecule has 1 aliphatic carbocycles. The van der Waals surface area contributed by atoms with Crippen molar-refractivity contribution < 1.29 is 14.3 Å². The summed E-state index contributed by atoms with van der Waals surface area (Å²) >= 11 is 0. The molecule has 0 radical (unpaired) electrons. The monoisotopic (exact) mass is 210 g/mol. The fourth-order valence-electron chi connectivity index (χ4n) is 1.77. The molecule has 0 aromatic rings. The Bertz CT molecular complexity index is 275. The molecule has 0 aromatic carbocycles. The Kier molecular flexibility index (Phi) is 4.24. The van der Waals surface area contributed by atoms with Crippen molar-refractivity contribution in [3.63, 3.8) is 0 Å². The van der Waals surface area contributed by atoms with Crippen LogP contribution in [0.15, 0.2) is 24.3 Å². The van der Waals surface area contributed by atoms with E-state index in [4.69, 9.17) is 9.47 Å². The number of Topliss-reactive ketones (excluding diaryl/α,β-unsaturated/α-hetero) is 1. The van der Waals surface area contributed by atoms with Gasteiger partial charge in [-0.3, -0.25) is 4.79 Å². The van der Waals surface area contributed by atoms with E-state index in [-0.39, 0.29) is 11.7 Å². The first kappa shape index (κ1) is 12.1. The van der Waals surface area contributed by atoms with Gasteiger partial charge >= 0.3 is 0 Å². The van der Waals surface area contributed by atoms with E-state index in [1.165, 1.54) is 0 Å². The summed E-state index contributed by atoms with van der Waals surface area (Å²) in [6, 6.07) is 0. The minimum absolute atomic E-state index is 0.0371. The van der Waals surface area contributed by atoms with E-state index in [1.807, 2.05) is 31.2 Å². The maximum Gasteiger partial charge on any atom is 0.194 e. The van der Waals surface area contributed by atoms with Crippen molar-refractivity contribution in [1.29, 1.82) is 0 Å². The molecule has 0 fully saturated rings. The molecule has 0 saturated heterocycles. The van der Waals surface area contributed by atoms with Gasteiger partial charge in [0.2, 0.25) is 0 Å². The zero-order valence-electron chi connectivity index (χ0n) is 9.53. The summed E-state index contributed by atoms with van der Waals surface area (Å²) in [5, 5.41) is 0. The zero-order chi connectivity index (χ0) is 11.3. The zero-order valence-corrected chi connectivity index (χ0v) is 9.53. The number of carbonyl (C=O) groups is 1. The van der Waals surface area contributed by atoms with Crippen molar-refractivity contribution in [2.75, 3.05) is 14.2 Å². The van der Waals surface area contributed by atoms with Crippen LogP contribution in [-0.2, 0) is 14.3 Å². The highest BCUT2D eigenvalue weighted by molar-refractivity contribution is 5.78. The lowest BCUT2D eigenvalue weighted by Gasteiger charge is -2.35. The maximum atomic E-state index is 11.4. The largest absolute Gasteiger partial charge is 0.349 e. The maximum absolute atomic E-state index is 11.4. The van der Waals surface area contributed by atoms with Crippen LogP contribution >= 0.6 is 0 Å². The first-order chi connectivity index (χ1) is 7.18. The van der Waals surface area contributed by atoms with Gasteiger partial charge in [-0.15, -0.1) is 0 Å². The second kappa shape index (κ2) is 5.24. The van der Waals surface area contributed by atoms with Crippen LogP contribution in [0.1, 0.15) is 19.8 Å². The molecule has 1 aliphatic rings. The Morgan fingerprint density at radius 1 is 1.33 bits per heavy atom. The third-order valence-electron chi connectivity index (χ3n) is 2.78. The lowest BCUT2D eigenvalue weighted by Crippen LogP contribution is -2.41. The number of rotatable bonds is 5. The third kappa shape index (κ3) is 2.55. The summed E-state index contributed by atoms with van der Waals surface area (Å²) in [7, 11) is 3.19. The van der Waals surface area contributed by atoms with Gasteiger partial charge in [0.25, 0.3) is 0 Å². The predicted octanol–water partition coefficient (Wildman–Crippen LogP) is 2.09. The summed E-state index contributed by atoms with van der Waals surface area (Å²) in [5.74, 6) is -0.595. The highest BCUT2D eigenvalue weighted by Gasteiger charge is 2.37. The van der Waals surface area contributed by atoms with Gasteiger partial charge in [0.05, 0.1) is 0 Å². The molecule has 1 atom stereocenters. The molecular weight excluding hydrogens is 192 g/mol. The molecule has 0 bridgehead atoms. The molecule has 0 spiro atoms. The van der Waals surface area contributed by atoms with Gasteiger partial charge in [0.1, 0.15) is 5.78 Å².